The Bertz CT molecular complexity index is 491. The van der Waals surface area contributed by atoms with Crippen molar-refractivity contribution < 1.29 is 0 Å². The molecular formula is C16H19N. The van der Waals surface area contributed by atoms with E-state index in [1.54, 1.807) is 0 Å². The van der Waals surface area contributed by atoms with E-state index in [2.05, 4.69) is 54.0 Å². The van der Waals surface area contributed by atoms with Crippen LogP contribution >= 0.6 is 0 Å². The Kier molecular flexibility index (Phi) is 2.76. The number of hydrogen-bond donors (Lipinski definition) is 0. The smallest absolute Gasteiger partial charge is 0.0253 e. The molecule has 0 bridgehead atoms. The molecule has 1 aliphatic carbocycles. The number of nitrogens with zero attached hydrogens (tertiary/aromatic N) is 1. The molecule has 0 unspecified atom stereocenters. The molecule has 1 nitrogen and oxygen atoms in total. The second-order valence-corrected chi connectivity index (χ2v) is 5.18. The zero-order chi connectivity index (χ0) is 11.7. The summed E-state index contributed by atoms with van der Waals surface area (Å²) >= 11 is 0. The van der Waals surface area contributed by atoms with Crippen molar-refractivity contribution in [3.05, 3.63) is 59.4 Å². The molecule has 0 N–H and O–H groups in total. The summed E-state index contributed by atoms with van der Waals surface area (Å²) in [6.45, 7) is 3.44. The van der Waals surface area contributed by atoms with Crippen molar-refractivity contribution in [1.82, 2.24) is 4.57 Å². The summed E-state index contributed by atoms with van der Waals surface area (Å²) in [5.74, 6) is 0.940. The Hall–Kier alpha value is -1.50. The monoisotopic (exact) mass is 225 g/mol. The lowest BCUT2D eigenvalue weighted by atomic mass is 10.1. The van der Waals surface area contributed by atoms with Gasteiger partial charge in [0.05, 0.1) is 0 Å². The molecule has 1 aromatic carbocycles. The summed E-state index contributed by atoms with van der Waals surface area (Å²) in [5.41, 5.74) is 4.27. The van der Waals surface area contributed by atoms with E-state index in [-0.39, 0.29) is 0 Å². The van der Waals surface area contributed by atoms with Gasteiger partial charge < -0.3 is 4.57 Å². The van der Waals surface area contributed by atoms with Crippen LogP contribution in [0, 0.1) is 12.8 Å². The van der Waals surface area contributed by atoms with Gasteiger partial charge in [-0.1, -0.05) is 30.3 Å². The van der Waals surface area contributed by atoms with Gasteiger partial charge >= 0.3 is 0 Å². The van der Waals surface area contributed by atoms with Gasteiger partial charge in [-0.05, 0) is 43.4 Å². The van der Waals surface area contributed by atoms with Crippen molar-refractivity contribution in [2.45, 2.75) is 32.7 Å². The van der Waals surface area contributed by atoms with Gasteiger partial charge in [-0.15, -0.1) is 0 Å². The highest BCUT2D eigenvalue weighted by Crippen LogP contribution is 2.32. The largest absolute Gasteiger partial charge is 0.348 e. The second-order valence-electron chi connectivity index (χ2n) is 5.18. The highest BCUT2D eigenvalue weighted by Gasteiger charge is 2.23. The molecule has 1 aromatic heterocycles. The molecule has 3 rings (SSSR count). The Morgan fingerprint density at radius 1 is 1.06 bits per heavy atom. The SMILES string of the molecule is Cc1ccc(Cc2ccccc2)n1CC1CC1. The molecule has 0 spiro atoms. The predicted molar refractivity (Wildman–Crippen MR) is 71.1 cm³/mol. The number of aryl methyl sites for hydroxylation is 1. The topological polar surface area (TPSA) is 4.93 Å². The maximum atomic E-state index is 2.50. The minimum absolute atomic E-state index is 0.940. The third kappa shape index (κ3) is 2.44. The summed E-state index contributed by atoms with van der Waals surface area (Å²) in [5, 5.41) is 0. The summed E-state index contributed by atoms with van der Waals surface area (Å²) in [4.78, 5) is 0. The minimum atomic E-state index is 0.940. The van der Waals surface area contributed by atoms with Crippen LogP contribution in [0.2, 0.25) is 0 Å². The molecule has 88 valence electrons. The van der Waals surface area contributed by atoms with Crippen LogP contribution in [0.4, 0.5) is 0 Å². The Balaban J connectivity index is 1.82. The first kappa shape index (κ1) is 10.6. The van der Waals surface area contributed by atoms with E-state index in [1.807, 2.05) is 0 Å². The van der Waals surface area contributed by atoms with Crippen LogP contribution < -0.4 is 0 Å². The lowest BCUT2D eigenvalue weighted by Crippen LogP contribution is -2.06. The molecule has 0 saturated heterocycles. The Morgan fingerprint density at radius 3 is 2.53 bits per heavy atom. The van der Waals surface area contributed by atoms with Crippen molar-refractivity contribution >= 4 is 0 Å². The number of rotatable bonds is 4. The van der Waals surface area contributed by atoms with Gasteiger partial charge in [-0.25, -0.2) is 0 Å². The Labute approximate surface area is 103 Å². The van der Waals surface area contributed by atoms with Crippen molar-refractivity contribution in [1.29, 1.82) is 0 Å². The number of hydrogen-bond acceptors (Lipinski definition) is 0. The molecule has 1 heterocycles. The predicted octanol–water partition coefficient (Wildman–Crippen LogP) is 3.80. The molecule has 0 atom stereocenters. The summed E-state index contributed by atoms with van der Waals surface area (Å²) < 4.78 is 2.50. The van der Waals surface area contributed by atoms with Gasteiger partial charge in [0.2, 0.25) is 0 Å². The molecule has 0 radical (unpaired) electrons. The highest BCUT2D eigenvalue weighted by atomic mass is 15.0. The van der Waals surface area contributed by atoms with Gasteiger partial charge in [-0.3, -0.25) is 0 Å². The van der Waals surface area contributed by atoms with Crippen LogP contribution in [0.15, 0.2) is 42.5 Å². The first-order valence-corrected chi connectivity index (χ1v) is 6.52. The lowest BCUT2D eigenvalue weighted by molar-refractivity contribution is 0.596. The zero-order valence-electron chi connectivity index (χ0n) is 10.4. The first-order chi connectivity index (χ1) is 8.33. The van der Waals surface area contributed by atoms with Gasteiger partial charge in [0.1, 0.15) is 0 Å². The van der Waals surface area contributed by atoms with Crippen LogP contribution in [-0.2, 0) is 13.0 Å². The van der Waals surface area contributed by atoms with E-state index < -0.39 is 0 Å². The Morgan fingerprint density at radius 2 is 1.82 bits per heavy atom. The third-order valence-electron chi connectivity index (χ3n) is 3.66. The number of benzene rings is 1. The van der Waals surface area contributed by atoms with E-state index in [0.29, 0.717) is 0 Å². The minimum Gasteiger partial charge on any atom is -0.348 e. The van der Waals surface area contributed by atoms with E-state index in [4.69, 9.17) is 0 Å². The summed E-state index contributed by atoms with van der Waals surface area (Å²) in [7, 11) is 0. The van der Waals surface area contributed by atoms with Crippen LogP contribution in [0.1, 0.15) is 29.8 Å². The van der Waals surface area contributed by atoms with Crippen LogP contribution in [0.25, 0.3) is 0 Å². The van der Waals surface area contributed by atoms with Crippen molar-refractivity contribution in [3.63, 3.8) is 0 Å². The van der Waals surface area contributed by atoms with Gasteiger partial charge in [0.15, 0.2) is 0 Å². The van der Waals surface area contributed by atoms with Crippen LogP contribution in [-0.4, -0.2) is 4.57 Å². The van der Waals surface area contributed by atoms with E-state index in [9.17, 15) is 0 Å². The molecule has 2 aromatic rings. The fraction of sp³-hybridized carbons (Fsp3) is 0.375. The van der Waals surface area contributed by atoms with Crippen LogP contribution in [0.3, 0.4) is 0 Å². The first-order valence-electron chi connectivity index (χ1n) is 6.52. The summed E-state index contributed by atoms with van der Waals surface area (Å²) in [6, 6.07) is 15.3. The fourth-order valence-corrected chi connectivity index (χ4v) is 2.40. The maximum Gasteiger partial charge on any atom is 0.0253 e. The second kappa shape index (κ2) is 4.40. The average molecular weight is 225 g/mol. The third-order valence-corrected chi connectivity index (χ3v) is 3.66. The van der Waals surface area contributed by atoms with Crippen LogP contribution in [0.5, 0.6) is 0 Å². The highest BCUT2D eigenvalue weighted by molar-refractivity contribution is 5.25. The molecule has 1 fully saturated rings. The quantitative estimate of drug-likeness (QED) is 0.746. The van der Waals surface area contributed by atoms with E-state index in [0.717, 1.165) is 12.3 Å². The van der Waals surface area contributed by atoms with Gasteiger partial charge in [0, 0.05) is 24.4 Å². The molecular weight excluding hydrogens is 206 g/mol. The van der Waals surface area contributed by atoms with Gasteiger partial charge in [-0.2, -0.15) is 0 Å². The molecule has 0 aliphatic heterocycles. The average Bonchev–Trinajstić information content (AvgIpc) is 3.10. The van der Waals surface area contributed by atoms with Crippen molar-refractivity contribution in [3.8, 4) is 0 Å². The fourth-order valence-electron chi connectivity index (χ4n) is 2.40. The number of aromatic nitrogens is 1. The van der Waals surface area contributed by atoms with Gasteiger partial charge in [0.25, 0.3) is 0 Å². The standard InChI is InChI=1S/C16H19N/c1-13-7-10-16(17(13)12-15-8-9-15)11-14-5-3-2-4-6-14/h2-7,10,15H,8-9,11-12H2,1H3. The van der Waals surface area contributed by atoms with E-state index in [1.165, 1.54) is 36.3 Å². The normalized spacial score (nSPS) is 15.1. The molecule has 1 aliphatic rings. The zero-order valence-corrected chi connectivity index (χ0v) is 10.4. The van der Waals surface area contributed by atoms with E-state index >= 15 is 0 Å². The maximum absolute atomic E-state index is 2.50. The van der Waals surface area contributed by atoms with Crippen molar-refractivity contribution in [2.24, 2.45) is 5.92 Å². The van der Waals surface area contributed by atoms with Crippen molar-refractivity contribution in [2.75, 3.05) is 0 Å². The molecule has 0 amide bonds. The lowest BCUT2D eigenvalue weighted by Gasteiger charge is -2.11. The molecule has 1 heteroatoms. The molecule has 17 heavy (non-hydrogen) atoms. The molecule has 1 saturated carbocycles. The summed E-state index contributed by atoms with van der Waals surface area (Å²) in [6.07, 6.45) is 3.90.